The van der Waals surface area contributed by atoms with Crippen LogP contribution in [0, 0.1) is 6.92 Å². The van der Waals surface area contributed by atoms with Gasteiger partial charge in [-0.05, 0) is 32.4 Å². The summed E-state index contributed by atoms with van der Waals surface area (Å²) < 4.78 is 5.30. The molecular weight excluding hydrogens is 304 g/mol. The van der Waals surface area contributed by atoms with Gasteiger partial charge in [0.05, 0.1) is 24.4 Å². The highest BCUT2D eigenvalue weighted by atomic mass is 16.5. The van der Waals surface area contributed by atoms with Crippen LogP contribution in [0.5, 0.6) is 5.75 Å². The monoisotopic (exact) mass is 326 g/mol. The molecule has 1 aliphatic rings. The van der Waals surface area contributed by atoms with Crippen molar-refractivity contribution in [2.24, 2.45) is 0 Å². The zero-order valence-corrected chi connectivity index (χ0v) is 14.0. The van der Waals surface area contributed by atoms with Crippen molar-refractivity contribution in [2.45, 2.75) is 32.4 Å². The number of methoxy groups -OCH3 is 1. The molecule has 1 saturated heterocycles. The first kappa shape index (κ1) is 16.4. The molecule has 1 amide bonds. The van der Waals surface area contributed by atoms with Gasteiger partial charge in [0.25, 0.3) is 5.91 Å². The van der Waals surface area contributed by atoms with Crippen molar-refractivity contribution >= 4 is 5.91 Å². The third kappa shape index (κ3) is 3.54. The molecule has 0 bridgehead atoms. The lowest BCUT2D eigenvalue weighted by Gasteiger charge is -2.12. The maximum atomic E-state index is 12.4. The van der Waals surface area contributed by atoms with Crippen molar-refractivity contribution in [1.82, 2.24) is 20.6 Å². The predicted octanol–water partition coefficient (Wildman–Crippen LogP) is 2.15. The number of nitrogens with zero attached hydrogens (tertiary/aromatic N) is 2. The Kier molecular flexibility index (Phi) is 5.05. The molecule has 1 aromatic heterocycles. The molecule has 126 valence electrons. The van der Waals surface area contributed by atoms with Crippen LogP contribution >= 0.6 is 0 Å². The first-order valence-corrected chi connectivity index (χ1v) is 8.16. The molecule has 0 unspecified atom stereocenters. The van der Waals surface area contributed by atoms with E-state index in [1.807, 2.05) is 31.2 Å². The van der Waals surface area contributed by atoms with Gasteiger partial charge in [-0.3, -0.25) is 4.79 Å². The smallest absolute Gasteiger partial charge is 0.254 e. The van der Waals surface area contributed by atoms with Gasteiger partial charge in [0.15, 0.2) is 0 Å². The highest BCUT2D eigenvalue weighted by Gasteiger charge is 2.20. The molecule has 2 heterocycles. The highest BCUT2D eigenvalue weighted by molar-refractivity contribution is 5.94. The summed E-state index contributed by atoms with van der Waals surface area (Å²) in [5, 5.41) is 6.27. The van der Waals surface area contributed by atoms with E-state index in [-0.39, 0.29) is 11.9 Å². The largest absolute Gasteiger partial charge is 0.496 e. The normalized spacial score (nSPS) is 16.8. The lowest BCUT2D eigenvalue weighted by Crippen LogP contribution is -2.25. The summed E-state index contributed by atoms with van der Waals surface area (Å²) in [6, 6.07) is 7.82. The Morgan fingerprint density at radius 1 is 1.42 bits per heavy atom. The Morgan fingerprint density at radius 2 is 2.25 bits per heavy atom. The first-order valence-electron chi connectivity index (χ1n) is 8.16. The maximum Gasteiger partial charge on any atom is 0.254 e. The molecule has 1 atom stereocenters. The minimum absolute atomic E-state index is 0.177. The molecule has 2 aromatic rings. The van der Waals surface area contributed by atoms with Crippen molar-refractivity contribution < 1.29 is 9.53 Å². The zero-order valence-electron chi connectivity index (χ0n) is 14.0. The SMILES string of the molecule is COc1ccccc1CNC(=O)c1cnc([C@H]2CCCN2)nc1C. The molecule has 2 N–H and O–H groups in total. The molecular formula is C18H22N4O2. The summed E-state index contributed by atoms with van der Waals surface area (Å²) in [5.74, 6) is 1.35. The summed E-state index contributed by atoms with van der Waals surface area (Å²) >= 11 is 0. The topological polar surface area (TPSA) is 76.1 Å². The summed E-state index contributed by atoms with van der Waals surface area (Å²) in [4.78, 5) is 21.3. The average molecular weight is 326 g/mol. The average Bonchev–Trinajstić information content (AvgIpc) is 3.14. The fourth-order valence-corrected chi connectivity index (χ4v) is 2.90. The minimum atomic E-state index is -0.177. The van der Waals surface area contributed by atoms with Crippen LogP contribution in [-0.2, 0) is 6.54 Å². The molecule has 0 spiro atoms. The molecule has 3 rings (SSSR count). The van der Waals surface area contributed by atoms with Crippen LogP contribution in [0.2, 0.25) is 0 Å². The number of rotatable bonds is 5. The molecule has 0 saturated carbocycles. The molecule has 1 aromatic carbocycles. The van der Waals surface area contributed by atoms with Gasteiger partial charge in [0.1, 0.15) is 11.6 Å². The van der Waals surface area contributed by atoms with E-state index in [4.69, 9.17) is 4.74 Å². The number of hydrogen-bond acceptors (Lipinski definition) is 5. The van der Waals surface area contributed by atoms with E-state index < -0.39 is 0 Å². The van der Waals surface area contributed by atoms with Gasteiger partial charge in [0.2, 0.25) is 0 Å². The lowest BCUT2D eigenvalue weighted by molar-refractivity contribution is 0.0949. The Balaban J connectivity index is 1.68. The number of aromatic nitrogens is 2. The standard InChI is InChI=1S/C18H22N4O2/c1-12-14(11-20-17(22-12)15-7-5-9-19-15)18(23)21-10-13-6-3-4-8-16(13)24-2/h3-4,6,8,11,15,19H,5,7,9-10H2,1-2H3,(H,21,23)/t15-/m1/s1. The maximum absolute atomic E-state index is 12.4. The summed E-state index contributed by atoms with van der Waals surface area (Å²) in [6.45, 7) is 3.24. The Labute approximate surface area is 141 Å². The second-order valence-electron chi connectivity index (χ2n) is 5.87. The number of benzene rings is 1. The Bertz CT molecular complexity index is 727. The number of amides is 1. The van der Waals surface area contributed by atoms with Gasteiger partial charge >= 0.3 is 0 Å². The first-order chi connectivity index (χ1) is 11.7. The number of ether oxygens (including phenoxy) is 1. The van der Waals surface area contributed by atoms with Gasteiger partial charge in [0, 0.05) is 18.3 Å². The molecule has 0 radical (unpaired) electrons. The minimum Gasteiger partial charge on any atom is -0.496 e. The number of nitrogens with one attached hydrogen (secondary N) is 2. The molecule has 6 heteroatoms. The van der Waals surface area contributed by atoms with E-state index in [0.29, 0.717) is 17.8 Å². The molecule has 6 nitrogen and oxygen atoms in total. The number of hydrogen-bond donors (Lipinski definition) is 2. The van der Waals surface area contributed by atoms with Crippen molar-refractivity contribution in [2.75, 3.05) is 13.7 Å². The molecule has 0 aliphatic carbocycles. The van der Waals surface area contributed by atoms with Gasteiger partial charge in [-0.25, -0.2) is 9.97 Å². The Morgan fingerprint density at radius 3 is 2.96 bits per heavy atom. The molecule has 24 heavy (non-hydrogen) atoms. The van der Waals surface area contributed by atoms with Crippen molar-refractivity contribution in [3.63, 3.8) is 0 Å². The second kappa shape index (κ2) is 7.40. The summed E-state index contributed by atoms with van der Waals surface area (Å²) in [6.07, 6.45) is 3.79. The van der Waals surface area contributed by atoms with Crippen LogP contribution in [0.4, 0.5) is 0 Å². The number of carbonyl (C=O) groups is 1. The predicted molar refractivity (Wildman–Crippen MR) is 90.9 cm³/mol. The number of para-hydroxylation sites is 1. The van der Waals surface area contributed by atoms with Crippen LogP contribution in [0.3, 0.4) is 0 Å². The Hall–Kier alpha value is -2.47. The molecule has 1 fully saturated rings. The van der Waals surface area contributed by atoms with E-state index in [0.717, 1.165) is 36.5 Å². The van der Waals surface area contributed by atoms with Gasteiger partial charge in [-0.2, -0.15) is 0 Å². The van der Waals surface area contributed by atoms with Crippen molar-refractivity contribution in [3.05, 3.63) is 53.1 Å². The highest BCUT2D eigenvalue weighted by Crippen LogP contribution is 2.20. The van der Waals surface area contributed by atoms with Crippen LogP contribution in [0.15, 0.2) is 30.5 Å². The van der Waals surface area contributed by atoms with E-state index in [1.54, 1.807) is 13.3 Å². The van der Waals surface area contributed by atoms with E-state index in [1.165, 1.54) is 0 Å². The van der Waals surface area contributed by atoms with Gasteiger partial charge in [-0.15, -0.1) is 0 Å². The van der Waals surface area contributed by atoms with Crippen LogP contribution in [-0.4, -0.2) is 29.5 Å². The van der Waals surface area contributed by atoms with Crippen molar-refractivity contribution in [3.8, 4) is 5.75 Å². The van der Waals surface area contributed by atoms with Crippen LogP contribution in [0.1, 0.15) is 46.3 Å². The summed E-state index contributed by atoms with van der Waals surface area (Å²) in [7, 11) is 1.62. The van der Waals surface area contributed by atoms with Crippen LogP contribution < -0.4 is 15.4 Å². The lowest BCUT2D eigenvalue weighted by atomic mass is 10.1. The van der Waals surface area contributed by atoms with Gasteiger partial charge < -0.3 is 15.4 Å². The third-order valence-electron chi connectivity index (χ3n) is 4.25. The zero-order chi connectivity index (χ0) is 16.9. The van der Waals surface area contributed by atoms with E-state index in [9.17, 15) is 4.79 Å². The van der Waals surface area contributed by atoms with Crippen LogP contribution in [0.25, 0.3) is 0 Å². The fourth-order valence-electron chi connectivity index (χ4n) is 2.90. The quantitative estimate of drug-likeness (QED) is 0.880. The second-order valence-corrected chi connectivity index (χ2v) is 5.87. The number of carbonyl (C=O) groups excluding carboxylic acids is 1. The number of aryl methyl sites for hydroxylation is 1. The fraction of sp³-hybridized carbons (Fsp3) is 0.389. The molecule has 1 aliphatic heterocycles. The summed E-state index contributed by atoms with van der Waals surface area (Å²) in [5.41, 5.74) is 2.14. The van der Waals surface area contributed by atoms with Gasteiger partial charge in [-0.1, -0.05) is 18.2 Å². The van der Waals surface area contributed by atoms with E-state index >= 15 is 0 Å². The third-order valence-corrected chi connectivity index (χ3v) is 4.25. The van der Waals surface area contributed by atoms with Crippen molar-refractivity contribution in [1.29, 1.82) is 0 Å². The van der Waals surface area contributed by atoms with E-state index in [2.05, 4.69) is 20.6 Å².